The molecule has 2 saturated heterocycles. The van der Waals surface area contributed by atoms with Gasteiger partial charge in [0, 0.05) is 62.8 Å². The van der Waals surface area contributed by atoms with E-state index in [1.54, 1.807) is 23.9 Å². The molecule has 9 heteroatoms. The average Bonchev–Trinajstić information content (AvgIpc) is 3.08. The van der Waals surface area contributed by atoms with Crippen LogP contribution in [0.2, 0.25) is 0 Å². The second kappa shape index (κ2) is 7.96. The first-order valence-corrected chi connectivity index (χ1v) is 9.90. The van der Waals surface area contributed by atoms with Crippen molar-refractivity contribution in [3.63, 3.8) is 0 Å². The van der Waals surface area contributed by atoms with Crippen molar-refractivity contribution >= 4 is 34.0 Å². The Bertz CT molecular complexity index is 730. The number of carbonyl (C=O) groups is 1. The molecular weight excluding hydrogens is 350 g/mol. The standard InChI is InChI=1S/C17H23N7OS/c25-16-3-8-23(9-4-18-16)13-1-6-24(7-2-13)15-11-14(20-12-21-15)22-17-19-5-10-26-17/h5,10-13H,1-4,6-9H2,(H,18,25)(H,19,20,21,22). The van der Waals surface area contributed by atoms with Gasteiger partial charge in [-0.25, -0.2) is 15.0 Å². The maximum Gasteiger partial charge on any atom is 0.221 e. The summed E-state index contributed by atoms with van der Waals surface area (Å²) in [6.07, 6.45) is 6.16. The third kappa shape index (κ3) is 4.10. The maximum absolute atomic E-state index is 11.5. The molecule has 0 aromatic carbocycles. The molecular formula is C17H23N7OS. The van der Waals surface area contributed by atoms with Crippen LogP contribution in [0.3, 0.4) is 0 Å². The molecule has 2 aromatic heterocycles. The molecule has 0 spiro atoms. The van der Waals surface area contributed by atoms with E-state index >= 15 is 0 Å². The van der Waals surface area contributed by atoms with Crippen molar-refractivity contribution in [1.82, 2.24) is 25.2 Å². The first-order valence-electron chi connectivity index (χ1n) is 9.02. The van der Waals surface area contributed by atoms with Crippen LogP contribution in [0.25, 0.3) is 0 Å². The third-order valence-electron chi connectivity index (χ3n) is 4.97. The fourth-order valence-electron chi connectivity index (χ4n) is 3.59. The van der Waals surface area contributed by atoms with Crippen molar-refractivity contribution in [1.29, 1.82) is 0 Å². The van der Waals surface area contributed by atoms with Crippen LogP contribution in [0.1, 0.15) is 19.3 Å². The normalized spacial score (nSPS) is 19.8. The summed E-state index contributed by atoms with van der Waals surface area (Å²) < 4.78 is 0. The first-order chi connectivity index (χ1) is 12.8. The van der Waals surface area contributed by atoms with Gasteiger partial charge in [0.2, 0.25) is 5.91 Å². The average molecular weight is 373 g/mol. The number of nitrogens with zero attached hydrogens (tertiary/aromatic N) is 5. The summed E-state index contributed by atoms with van der Waals surface area (Å²) in [5.41, 5.74) is 0. The summed E-state index contributed by atoms with van der Waals surface area (Å²) in [6, 6.07) is 2.53. The second-order valence-corrected chi connectivity index (χ2v) is 7.47. The number of thiazole rings is 1. The summed E-state index contributed by atoms with van der Waals surface area (Å²) >= 11 is 1.55. The van der Waals surface area contributed by atoms with Crippen LogP contribution in [-0.2, 0) is 4.79 Å². The zero-order valence-electron chi connectivity index (χ0n) is 14.6. The van der Waals surface area contributed by atoms with E-state index < -0.39 is 0 Å². The van der Waals surface area contributed by atoms with Crippen LogP contribution in [0, 0.1) is 0 Å². The quantitative estimate of drug-likeness (QED) is 0.839. The number of piperidine rings is 1. The minimum Gasteiger partial charge on any atom is -0.356 e. The van der Waals surface area contributed by atoms with Crippen LogP contribution in [0.5, 0.6) is 0 Å². The molecule has 4 heterocycles. The summed E-state index contributed by atoms with van der Waals surface area (Å²) in [6.45, 7) is 4.51. The Morgan fingerprint density at radius 1 is 1.15 bits per heavy atom. The lowest BCUT2D eigenvalue weighted by atomic mass is 10.0. The van der Waals surface area contributed by atoms with Crippen molar-refractivity contribution in [2.24, 2.45) is 0 Å². The van der Waals surface area contributed by atoms with Gasteiger partial charge in [0.1, 0.15) is 18.0 Å². The predicted octanol–water partition coefficient (Wildman–Crippen LogP) is 1.47. The Morgan fingerprint density at radius 2 is 2.04 bits per heavy atom. The van der Waals surface area contributed by atoms with Crippen molar-refractivity contribution in [2.75, 3.05) is 42.9 Å². The number of nitrogens with one attached hydrogen (secondary N) is 2. The fourth-order valence-corrected chi connectivity index (χ4v) is 4.13. The highest BCUT2D eigenvalue weighted by Crippen LogP contribution is 2.24. The minimum absolute atomic E-state index is 0.172. The van der Waals surface area contributed by atoms with Gasteiger partial charge in [-0.2, -0.15) is 0 Å². The molecule has 138 valence electrons. The molecule has 1 amide bonds. The molecule has 0 unspecified atom stereocenters. The molecule has 2 aliphatic heterocycles. The zero-order chi connectivity index (χ0) is 17.8. The van der Waals surface area contributed by atoms with Gasteiger partial charge in [0.05, 0.1) is 0 Å². The Balaban J connectivity index is 1.35. The number of amides is 1. The van der Waals surface area contributed by atoms with E-state index in [1.165, 1.54) is 0 Å². The lowest BCUT2D eigenvalue weighted by molar-refractivity contribution is -0.120. The number of carbonyl (C=O) groups excluding carboxylic acids is 1. The van der Waals surface area contributed by atoms with E-state index in [-0.39, 0.29) is 5.91 Å². The molecule has 0 atom stereocenters. The summed E-state index contributed by atoms with van der Waals surface area (Å²) in [5.74, 6) is 1.89. The molecule has 0 radical (unpaired) electrons. The van der Waals surface area contributed by atoms with Crippen LogP contribution in [-0.4, -0.2) is 64.5 Å². The Kier molecular flexibility index (Phi) is 5.26. The molecule has 8 nitrogen and oxygen atoms in total. The molecule has 4 rings (SSSR count). The first kappa shape index (κ1) is 17.2. The fraction of sp³-hybridized carbons (Fsp3) is 0.529. The lowest BCUT2D eigenvalue weighted by Gasteiger charge is -2.38. The number of hydrogen-bond donors (Lipinski definition) is 2. The summed E-state index contributed by atoms with van der Waals surface area (Å²) in [4.78, 5) is 29.3. The molecule has 0 aliphatic carbocycles. The van der Waals surface area contributed by atoms with Gasteiger partial charge in [-0.3, -0.25) is 9.69 Å². The van der Waals surface area contributed by atoms with Crippen molar-refractivity contribution in [2.45, 2.75) is 25.3 Å². The van der Waals surface area contributed by atoms with Crippen LogP contribution >= 0.6 is 11.3 Å². The highest BCUT2D eigenvalue weighted by atomic mass is 32.1. The molecule has 26 heavy (non-hydrogen) atoms. The van der Waals surface area contributed by atoms with Gasteiger partial charge in [0.15, 0.2) is 5.13 Å². The molecule has 2 N–H and O–H groups in total. The number of rotatable bonds is 4. The van der Waals surface area contributed by atoms with E-state index in [0.29, 0.717) is 12.5 Å². The number of aromatic nitrogens is 3. The summed E-state index contributed by atoms with van der Waals surface area (Å²) in [5, 5.41) is 8.93. The Morgan fingerprint density at radius 3 is 2.85 bits per heavy atom. The van der Waals surface area contributed by atoms with Gasteiger partial charge in [-0.15, -0.1) is 11.3 Å². The van der Waals surface area contributed by atoms with E-state index in [2.05, 4.69) is 35.4 Å². The van der Waals surface area contributed by atoms with E-state index in [1.807, 2.05) is 11.4 Å². The van der Waals surface area contributed by atoms with E-state index in [9.17, 15) is 4.79 Å². The highest BCUT2D eigenvalue weighted by molar-refractivity contribution is 7.13. The lowest BCUT2D eigenvalue weighted by Crippen LogP contribution is -2.46. The monoisotopic (exact) mass is 373 g/mol. The van der Waals surface area contributed by atoms with Gasteiger partial charge in [-0.05, 0) is 12.8 Å². The molecule has 0 saturated carbocycles. The van der Waals surface area contributed by atoms with Crippen molar-refractivity contribution in [3.8, 4) is 0 Å². The second-order valence-electron chi connectivity index (χ2n) is 6.58. The SMILES string of the molecule is O=C1CCN(C2CCN(c3cc(Nc4nccs4)ncn3)CC2)CCN1. The van der Waals surface area contributed by atoms with E-state index in [4.69, 9.17) is 0 Å². The summed E-state index contributed by atoms with van der Waals surface area (Å²) in [7, 11) is 0. The van der Waals surface area contributed by atoms with Crippen LogP contribution in [0.4, 0.5) is 16.8 Å². The third-order valence-corrected chi connectivity index (χ3v) is 5.66. The Labute approximate surface area is 156 Å². The maximum atomic E-state index is 11.5. The number of hydrogen-bond acceptors (Lipinski definition) is 8. The largest absolute Gasteiger partial charge is 0.356 e. The van der Waals surface area contributed by atoms with Gasteiger partial charge in [-0.1, -0.05) is 0 Å². The molecule has 2 fully saturated rings. The minimum atomic E-state index is 0.172. The Hall–Kier alpha value is -2.26. The van der Waals surface area contributed by atoms with Crippen molar-refractivity contribution in [3.05, 3.63) is 24.0 Å². The zero-order valence-corrected chi connectivity index (χ0v) is 15.4. The number of anilines is 3. The van der Waals surface area contributed by atoms with Crippen LogP contribution < -0.4 is 15.5 Å². The topological polar surface area (TPSA) is 86.3 Å². The molecule has 0 bridgehead atoms. The van der Waals surface area contributed by atoms with Gasteiger partial charge < -0.3 is 15.5 Å². The predicted molar refractivity (Wildman–Crippen MR) is 102 cm³/mol. The highest BCUT2D eigenvalue weighted by Gasteiger charge is 2.26. The van der Waals surface area contributed by atoms with Gasteiger partial charge in [0.25, 0.3) is 0 Å². The molecule has 2 aliphatic rings. The molecule has 2 aromatic rings. The van der Waals surface area contributed by atoms with E-state index in [0.717, 1.165) is 62.3 Å². The van der Waals surface area contributed by atoms with Crippen LogP contribution in [0.15, 0.2) is 24.0 Å². The van der Waals surface area contributed by atoms with Crippen molar-refractivity contribution < 1.29 is 4.79 Å². The smallest absolute Gasteiger partial charge is 0.221 e. The van der Waals surface area contributed by atoms with Gasteiger partial charge >= 0.3 is 0 Å².